The first-order valence-corrected chi connectivity index (χ1v) is 8.49. The van der Waals surface area contributed by atoms with Crippen LogP contribution in [0.1, 0.15) is 23.3 Å². The lowest BCUT2D eigenvalue weighted by molar-refractivity contribution is 0.0253. The van der Waals surface area contributed by atoms with Crippen LogP contribution in [-0.2, 0) is 0 Å². The molecule has 1 aliphatic rings. The molecule has 2 N–H and O–H groups in total. The minimum absolute atomic E-state index is 0.143. The Morgan fingerprint density at radius 2 is 2.27 bits per heavy atom. The van der Waals surface area contributed by atoms with Crippen LogP contribution in [0.25, 0.3) is 0 Å². The fourth-order valence-electron chi connectivity index (χ4n) is 2.96. The Morgan fingerprint density at radius 3 is 3.00 bits per heavy atom. The summed E-state index contributed by atoms with van der Waals surface area (Å²) in [6.45, 7) is 1.33. The number of hydrogen-bond donors (Lipinski definition) is 2. The van der Waals surface area contributed by atoms with Crippen molar-refractivity contribution in [1.82, 2.24) is 25.5 Å². The highest BCUT2D eigenvalue weighted by atomic mass is 16.3. The molecular formula is C17H23N7O2. The summed E-state index contributed by atoms with van der Waals surface area (Å²) in [6, 6.07) is 5.13. The van der Waals surface area contributed by atoms with E-state index in [1.807, 2.05) is 30.0 Å². The second-order valence-corrected chi connectivity index (χ2v) is 6.67. The lowest BCUT2D eigenvalue weighted by Gasteiger charge is -2.40. The molecule has 1 fully saturated rings. The summed E-state index contributed by atoms with van der Waals surface area (Å²) in [7, 11) is 3.83. The smallest absolute Gasteiger partial charge is 0.271 e. The largest absolute Gasteiger partial charge is 0.386 e. The summed E-state index contributed by atoms with van der Waals surface area (Å²) in [5.74, 6) is 1.22. The van der Waals surface area contributed by atoms with E-state index in [2.05, 4.69) is 25.5 Å². The van der Waals surface area contributed by atoms with E-state index in [1.165, 1.54) is 12.5 Å². The molecule has 1 amide bonds. The molecule has 0 aliphatic carbocycles. The van der Waals surface area contributed by atoms with E-state index >= 15 is 0 Å². The molecule has 3 rings (SSSR count). The molecular weight excluding hydrogens is 334 g/mol. The number of carbonyl (C=O) groups is 1. The molecule has 0 bridgehead atoms. The Labute approximate surface area is 152 Å². The van der Waals surface area contributed by atoms with Gasteiger partial charge in [-0.15, -0.1) is 5.10 Å². The number of aliphatic hydroxyl groups is 1. The van der Waals surface area contributed by atoms with Gasteiger partial charge in [0.25, 0.3) is 5.91 Å². The van der Waals surface area contributed by atoms with Crippen molar-refractivity contribution in [3.63, 3.8) is 0 Å². The van der Waals surface area contributed by atoms with Gasteiger partial charge in [-0.2, -0.15) is 5.10 Å². The van der Waals surface area contributed by atoms with E-state index in [0.717, 1.165) is 24.6 Å². The van der Waals surface area contributed by atoms with Gasteiger partial charge in [0.1, 0.15) is 18.0 Å². The lowest BCUT2D eigenvalue weighted by atomic mass is 9.92. The Bertz CT molecular complexity index is 756. The first-order valence-electron chi connectivity index (χ1n) is 8.49. The van der Waals surface area contributed by atoms with Gasteiger partial charge in [-0.05, 0) is 25.0 Å². The molecule has 0 radical (unpaired) electrons. The molecule has 1 atom stereocenters. The molecule has 2 aromatic heterocycles. The van der Waals surface area contributed by atoms with Crippen LogP contribution in [0.2, 0.25) is 0 Å². The number of β-amino-alcohol motifs (C(OH)–C–C–N with tert-alkyl or cyclic N) is 1. The van der Waals surface area contributed by atoms with Crippen LogP contribution in [-0.4, -0.2) is 70.5 Å². The third-order valence-electron chi connectivity index (χ3n) is 4.36. The average Bonchev–Trinajstić information content (AvgIpc) is 2.67. The van der Waals surface area contributed by atoms with Crippen molar-refractivity contribution in [3.8, 4) is 0 Å². The molecule has 138 valence electrons. The van der Waals surface area contributed by atoms with Crippen molar-refractivity contribution in [2.45, 2.75) is 18.4 Å². The maximum atomic E-state index is 12.1. The van der Waals surface area contributed by atoms with Gasteiger partial charge in [-0.25, -0.2) is 9.97 Å². The van der Waals surface area contributed by atoms with Gasteiger partial charge in [0, 0.05) is 46.0 Å². The van der Waals surface area contributed by atoms with Crippen molar-refractivity contribution in [2.24, 2.45) is 0 Å². The summed E-state index contributed by atoms with van der Waals surface area (Å²) in [5.41, 5.74) is -0.797. The molecule has 0 spiro atoms. The first-order chi connectivity index (χ1) is 12.5. The lowest BCUT2D eigenvalue weighted by Crippen LogP contribution is -2.54. The molecule has 0 saturated carbocycles. The number of hydrogen-bond acceptors (Lipinski definition) is 8. The zero-order valence-electron chi connectivity index (χ0n) is 15.0. The highest BCUT2D eigenvalue weighted by Gasteiger charge is 2.34. The Kier molecular flexibility index (Phi) is 5.27. The van der Waals surface area contributed by atoms with Crippen molar-refractivity contribution in [2.75, 3.05) is 43.5 Å². The first kappa shape index (κ1) is 18.0. The number of carbonyl (C=O) groups excluding carboxylic acids is 1. The number of aromatic nitrogens is 4. The number of amides is 1. The number of nitrogens with zero attached hydrogens (tertiary/aromatic N) is 6. The molecule has 0 unspecified atom stereocenters. The molecule has 2 aromatic rings. The summed E-state index contributed by atoms with van der Waals surface area (Å²) >= 11 is 0. The molecule has 26 heavy (non-hydrogen) atoms. The van der Waals surface area contributed by atoms with Crippen LogP contribution in [0, 0.1) is 0 Å². The number of rotatable bonds is 5. The Balaban J connectivity index is 1.65. The minimum Gasteiger partial charge on any atom is -0.386 e. The van der Waals surface area contributed by atoms with Crippen LogP contribution in [0.5, 0.6) is 0 Å². The predicted molar refractivity (Wildman–Crippen MR) is 97.1 cm³/mol. The van der Waals surface area contributed by atoms with Crippen molar-refractivity contribution in [3.05, 3.63) is 36.4 Å². The van der Waals surface area contributed by atoms with Crippen LogP contribution >= 0.6 is 0 Å². The standard InChI is InChI=1S/C17H23N7O2/c1-23(2)14-9-15(20-12-19-14)24-8-4-6-17(26,11-24)10-18-16(25)13-5-3-7-21-22-13/h3,5,7,9,12,26H,4,6,8,10-11H2,1-2H3,(H,18,25)/t17-/m1/s1. The minimum atomic E-state index is -1.03. The van der Waals surface area contributed by atoms with Gasteiger partial charge in [-0.3, -0.25) is 4.79 Å². The van der Waals surface area contributed by atoms with Gasteiger partial charge in [0.2, 0.25) is 0 Å². The van der Waals surface area contributed by atoms with E-state index in [-0.39, 0.29) is 18.1 Å². The monoisotopic (exact) mass is 357 g/mol. The van der Waals surface area contributed by atoms with Gasteiger partial charge < -0.3 is 20.2 Å². The van der Waals surface area contributed by atoms with Crippen LogP contribution < -0.4 is 15.1 Å². The van der Waals surface area contributed by atoms with Gasteiger partial charge in [0.05, 0.1) is 5.60 Å². The average molecular weight is 357 g/mol. The predicted octanol–water partition coefficient (Wildman–Crippen LogP) is 0.0939. The Hall–Kier alpha value is -2.81. The molecule has 1 aliphatic heterocycles. The van der Waals surface area contributed by atoms with Crippen molar-refractivity contribution in [1.29, 1.82) is 0 Å². The third-order valence-corrected chi connectivity index (χ3v) is 4.36. The fourth-order valence-corrected chi connectivity index (χ4v) is 2.96. The highest BCUT2D eigenvalue weighted by Crippen LogP contribution is 2.25. The van der Waals surface area contributed by atoms with Crippen molar-refractivity contribution >= 4 is 17.5 Å². The summed E-state index contributed by atoms with van der Waals surface area (Å²) in [5, 5.41) is 21.2. The van der Waals surface area contributed by atoms with Gasteiger partial charge >= 0.3 is 0 Å². The zero-order valence-corrected chi connectivity index (χ0v) is 15.0. The SMILES string of the molecule is CN(C)c1cc(N2CCC[C@@](O)(CNC(=O)c3cccnn3)C2)ncn1. The van der Waals surface area contributed by atoms with E-state index < -0.39 is 5.60 Å². The number of nitrogens with one attached hydrogen (secondary N) is 1. The van der Waals surface area contributed by atoms with E-state index in [9.17, 15) is 9.90 Å². The molecule has 0 aromatic carbocycles. The number of anilines is 2. The van der Waals surface area contributed by atoms with Gasteiger partial charge in [0.15, 0.2) is 5.69 Å². The van der Waals surface area contributed by atoms with Gasteiger partial charge in [-0.1, -0.05) is 0 Å². The van der Waals surface area contributed by atoms with E-state index in [1.54, 1.807) is 12.1 Å². The topological polar surface area (TPSA) is 107 Å². The second-order valence-electron chi connectivity index (χ2n) is 6.67. The highest BCUT2D eigenvalue weighted by molar-refractivity contribution is 5.92. The third kappa shape index (κ3) is 4.23. The van der Waals surface area contributed by atoms with Crippen molar-refractivity contribution < 1.29 is 9.90 Å². The maximum absolute atomic E-state index is 12.1. The second kappa shape index (κ2) is 7.61. The van der Waals surface area contributed by atoms with Crippen LogP contribution in [0.15, 0.2) is 30.7 Å². The summed E-state index contributed by atoms with van der Waals surface area (Å²) in [4.78, 5) is 24.6. The van der Waals surface area contributed by atoms with Crippen LogP contribution in [0.4, 0.5) is 11.6 Å². The normalized spacial score (nSPS) is 19.9. The van der Waals surface area contributed by atoms with E-state index in [0.29, 0.717) is 13.0 Å². The quantitative estimate of drug-likeness (QED) is 0.775. The fraction of sp³-hybridized carbons (Fsp3) is 0.471. The maximum Gasteiger partial charge on any atom is 0.271 e. The van der Waals surface area contributed by atoms with Crippen LogP contribution in [0.3, 0.4) is 0 Å². The molecule has 1 saturated heterocycles. The summed E-state index contributed by atoms with van der Waals surface area (Å²) in [6.07, 6.45) is 4.44. The zero-order chi connectivity index (χ0) is 18.6. The molecule has 9 heteroatoms. The summed E-state index contributed by atoms with van der Waals surface area (Å²) < 4.78 is 0. The molecule has 9 nitrogen and oxygen atoms in total. The van der Waals surface area contributed by atoms with E-state index in [4.69, 9.17) is 0 Å². The number of piperidine rings is 1. The Morgan fingerprint density at radius 1 is 1.42 bits per heavy atom. The molecule has 3 heterocycles.